The maximum absolute atomic E-state index is 12.9. The number of hydrogen-bond donors (Lipinski definition) is 1. The Hall–Kier alpha value is -2.69. The van der Waals surface area contributed by atoms with Gasteiger partial charge >= 0.3 is 0 Å². The predicted molar refractivity (Wildman–Crippen MR) is 102 cm³/mol. The number of fused-ring (bicyclic) bond motifs is 1. The van der Waals surface area contributed by atoms with Gasteiger partial charge in [-0.25, -0.2) is 0 Å². The van der Waals surface area contributed by atoms with Crippen molar-refractivity contribution in [3.05, 3.63) is 48.5 Å². The number of nitrogen functional groups attached to an aromatic ring is 1. The first-order valence-corrected chi connectivity index (χ1v) is 8.79. The average molecular weight is 339 g/mol. The number of nitrogens with two attached hydrogens (primary N) is 1. The molecule has 2 aromatic rings. The van der Waals surface area contributed by atoms with Gasteiger partial charge in [-0.3, -0.25) is 4.79 Å². The van der Waals surface area contributed by atoms with Gasteiger partial charge < -0.3 is 20.3 Å². The van der Waals surface area contributed by atoms with Crippen molar-refractivity contribution in [1.29, 1.82) is 0 Å². The van der Waals surface area contributed by atoms with Crippen molar-refractivity contribution < 1.29 is 9.53 Å². The number of ether oxygens (including phenoxy) is 1. The van der Waals surface area contributed by atoms with Gasteiger partial charge in [0.2, 0.25) is 5.91 Å². The van der Waals surface area contributed by atoms with E-state index < -0.39 is 0 Å². The fraction of sp³-hybridized carbons (Fsp3) is 0.350. The van der Waals surface area contributed by atoms with Gasteiger partial charge in [0.15, 0.2) is 0 Å². The Morgan fingerprint density at radius 1 is 1.24 bits per heavy atom. The number of amides is 1. The van der Waals surface area contributed by atoms with Crippen molar-refractivity contribution in [2.24, 2.45) is 0 Å². The molecule has 3 rings (SSSR count). The Balaban J connectivity index is 1.83. The van der Waals surface area contributed by atoms with Crippen molar-refractivity contribution in [2.75, 3.05) is 35.2 Å². The fourth-order valence-corrected chi connectivity index (χ4v) is 3.16. The largest absolute Gasteiger partial charge is 0.486 e. The molecule has 0 fully saturated rings. The molecule has 0 bridgehead atoms. The SMILES string of the molecule is CCC1CN(CC(=O)N(CC)c2ccccc2)c2cc(N)ccc2O1. The van der Waals surface area contributed by atoms with Crippen molar-refractivity contribution >= 4 is 23.0 Å². The molecule has 1 heterocycles. The minimum atomic E-state index is 0.0684. The molecule has 0 aromatic heterocycles. The highest BCUT2D eigenvalue weighted by Gasteiger charge is 2.27. The summed E-state index contributed by atoms with van der Waals surface area (Å²) < 4.78 is 6.00. The van der Waals surface area contributed by atoms with Gasteiger partial charge in [0.25, 0.3) is 0 Å². The number of benzene rings is 2. The monoisotopic (exact) mass is 339 g/mol. The number of carbonyl (C=O) groups is 1. The molecule has 0 aliphatic carbocycles. The second kappa shape index (κ2) is 7.47. The molecule has 5 heteroatoms. The van der Waals surface area contributed by atoms with E-state index in [1.807, 2.05) is 60.4 Å². The topological polar surface area (TPSA) is 58.8 Å². The first kappa shape index (κ1) is 17.1. The van der Waals surface area contributed by atoms with Crippen molar-refractivity contribution in [3.63, 3.8) is 0 Å². The summed E-state index contributed by atoms with van der Waals surface area (Å²) in [6.07, 6.45) is 0.973. The van der Waals surface area contributed by atoms with E-state index in [0.717, 1.165) is 23.5 Å². The summed E-state index contributed by atoms with van der Waals surface area (Å²) in [5, 5.41) is 0. The molecule has 1 amide bonds. The Labute approximate surface area is 149 Å². The lowest BCUT2D eigenvalue weighted by Crippen LogP contribution is -2.46. The maximum Gasteiger partial charge on any atom is 0.246 e. The lowest BCUT2D eigenvalue weighted by Gasteiger charge is -2.36. The van der Waals surface area contributed by atoms with E-state index in [2.05, 4.69) is 11.8 Å². The first-order chi connectivity index (χ1) is 12.1. The van der Waals surface area contributed by atoms with Crippen LogP contribution in [0.3, 0.4) is 0 Å². The molecule has 5 nitrogen and oxygen atoms in total. The smallest absolute Gasteiger partial charge is 0.246 e. The zero-order valence-corrected chi connectivity index (χ0v) is 14.8. The van der Waals surface area contributed by atoms with E-state index in [1.165, 1.54) is 0 Å². The van der Waals surface area contributed by atoms with Crippen LogP contribution in [0.1, 0.15) is 20.3 Å². The van der Waals surface area contributed by atoms with Gasteiger partial charge in [0.05, 0.1) is 18.8 Å². The highest BCUT2D eigenvalue weighted by Crippen LogP contribution is 2.35. The van der Waals surface area contributed by atoms with Crippen LogP contribution in [0.25, 0.3) is 0 Å². The van der Waals surface area contributed by atoms with Crippen LogP contribution in [0.15, 0.2) is 48.5 Å². The van der Waals surface area contributed by atoms with Crippen LogP contribution in [0.4, 0.5) is 17.1 Å². The molecule has 132 valence electrons. The third kappa shape index (κ3) is 3.71. The van der Waals surface area contributed by atoms with Crippen molar-refractivity contribution in [1.82, 2.24) is 0 Å². The average Bonchev–Trinajstić information content (AvgIpc) is 2.63. The number of para-hydroxylation sites is 1. The van der Waals surface area contributed by atoms with Crippen LogP contribution in [0.5, 0.6) is 5.75 Å². The summed E-state index contributed by atoms with van der Waals surface area (Å²) in [7, 11) is 0. The molecular formula is C20H25N3O2. The van der Waals surface area contributed by atoms with E-state index in [-0.39, 0.29) is 12.0 Å². The summed E-state index contributed by atoms with van der Waals surface area (Å²) >= 11 is 0. The zero-order chi connectivity index (χ0) is 17.8. The van der Waals surface area contributed by atoms with Crippen LogP contribution < -0.4 is 20.3 Å². The number of hydrogen-bond acceptors (Lipinski definition) is 4. The van der Waals surface area contributed by atoms with E-state index in [1.54, 1.807) is 0 Å². The summed E-state index contributed by atoms with van der Waals surface area (Å²) in [6.45, 7) is 5.71. The number of nitrogens with zero attached hydrogens (tertiary/aromatic N) is 2. The lowest BCUT2D eigenvalue weighted by molar-refractivity contribution is -0.117. The second-order valence-electron chi connectivity index (χ2n) is 6.23. The standard InChI is InChI=1S/C20H25N3O2/c1-3-17-13-22(18-12-15(21)10-11-19(18)25-17)14-20(24)23(4-2)16-8-6-5-7-9-16/h5-12,17H,3-4,13-14,21H2,1-2H3. The van der Waals surface area contributed by atoms with Crippen LogP contribution in [0.2, 0.25) is 0 Å². The van der Waals surface area contributed by atoms with Gasteiger partial charge in [-0.05, 0) is 43.7 Å². The molecular weight excluding hydrogens is 314 g/mol. The molecule has 1 aliphatic heterocycles. The third-order valence-electron chi connectivity index (χ3n) is 4.51. The molecule has 0 saturated heterocycles. The molecule has 0 spiro atoms. The molecule has 25 heavy (non-hydrogen) atoms. The van der Waals surface area contributed by atoms with Gasteiger partial charge in [0.1, 0.15) is 11.9 Å². The normalized spacial score (nSPS) is 16.1. The van der Waals surface area contributed by atoms with Crippen LogP contribution in [0, 0.1) is 0 Å². The van der Waals surface area contributed by atoms with Gasteiger partial charge in [-0.1, -0.05) is 25.1 Å². The Kier molecular flexibility index (Phi) is 5.12. The van der Waals surface area contributed by atoms with Crippen LogP contribution in [-0.2, 0) is 4.79 Å². The minimum absolute atomic E-state index is 0.0684. The van der Waals surface area contributed by atoms with E-state index in [0.29, 0.717) is 25.3 Å². The number of anilines is 3. The summed E-state index contributed by atoms with van der Waals surface area (Å²) in [5.74, 6) is 0.863. The number of likely N-dealkylation sites (N-methyl/N-ethyl adjacent to an activating group) is 1. The molecule has 1 atom stereocenters. The van der Waals surface area contributed by atoms with Gasteiger partial charge in [0, 0.05) is 17.9 Å². The molecule has 0 radical (unpaired) electrons. The highest BCUT2D eigenvalue weighted by atomic mass is 16.5. The summed E-state index contributed by atoms with van der Waals surface area (Å²) in [4.78, 5) is 16.8. The number of carbonyl (C=O) groups excluding carboxylic acids is 1. The Morgan fingerprint density at radius 3 is 2.68 bits per heavy atom. The van der Waals surface area contributed by atoms with E-state index in [9.17, 15) is 4.79 Å². The van der Waals surface area contributed by atoms with E-state index >= 15 is 0 Å². The molecule has 2 N–H and O–H groups in total. The maximum atomic E-state index is 12.9. The Morgan fingerprint density at radius 2 is 2.00 bits per heavy atom. The predicted octanol–water partition coefficient (Wildman–Crippen LogP) is 3.30. The quantitative estimate of drug-likeness (QED) is 0.849. The number of rotatable bonds is 5. The second-order valence-corrected chi connectivity index (χ2v) is 6.23. The van der Waals surface area contributed by atoms with Crippen molar-refractivity contribution in [3.8, 4) is 5.75 Å². The van der Waals surface area contributed by atoms with Crippen molar-refractivity contribution in [2.45, 2.75) is 26.4 Å². The lowest BCUT2D eigenvalue weighted by atomic mass is 10.1. The summed E-state index contributed by atoms with van der Waals surface area (Å²) in [5.41, 5.74) is 8.42. The highest BCUT2D eigenvalue weighted by molar-refractivity contribution is 5.96. The molecule has 0 saturated carbocycles. The van der Waals surface area contributed by atoms with E-state index in [4.69, 9.17) is 10.5 Å². The molecule has 1 aliphatic rings. The fourth-order valence-electron chi connectivity index (χ4n) is 3.16. The molecule has 1 unspecified atom stereocenters. The molecule has 2 aromatic carbocycles. The van der Waals surface area contributed by atoms with Gasteiger partial charge in [-0.15, -0.1) is 0 Å². The van der Waals surface area contributed by atoms with Crippen LogP contribution >= 0.6 is 0 Å². The Bertz CT molecular complexity index is 733. The zero-order valence-electron chi connectivity index (χ0n) is 14.8. The van der Waals surface area contributed by atoms with Crippen LogP contribution in [-0.4, -0.2) is 31.6 Å². The van der Waals surface area contributed by atoms with Gasteiger partial charge in [-0.2, -0.15) is 0 Å². The third-order valence-corrected chi connectivity index (χ3v) is 4.51. The minimum Gasteiger partial charge on any atom is -0.486 e. The summed E-state index contributed by atoms with van der Waals surface area (Å²) in [6, 6.07) is 15.4. The first-order valence-electron chi connectivity index (χ1n) is 8.79.